The van der Waals surface area contributed by atoms with Crippen LogP contribution in [0.3, 0.4) is 0 Å². The monoisotopic (exact) mass is 323 g/mol. The minimum absolute atomic E-state index is 0.0405. The Hall–Kier alpha value is -1.16. The first-order valence-electron chi connectivity index (χ1n) is 6.37. The zero-order chi connectivity index (χ0) is 14.2. The molecule has 1 aromatic rings. The minimum Gasteiger partial charge on any atom is -0.274 e. The Bertz CT molecular complexity index is 484. The maximum atomic E-state index is 12.3. The molecule has 0 aliphatic carbocycles. The van der Waals surface area contributed by atoms with Gasteiger partial charge < -0.3 is 0 Å². The molecule has 0 fully saturated rings. The van der Waals surface area contributed by atoms with Crippen LogP contribution in [0.4, 0.5) is 0 Å². The van der Waals surface area contributed by atoms with Crippen molar-refractivity contribution in [2.75, 3.05) is 11.9 Å². The normalized spacial score (nSPS) is 16.7. The molecule has 1 aromatic carbocycles. The Kier molecular flexibility index (Phi) is 3.81. The summed E-state index contributed by atoms with van der Waals surface area (Å²) >= 11 is 3.48. The van der Waals surface area contributed by atoms with E-state index in [1.54, 1.807) is 24.3 Å². The number of hydrogen-bond donors (Lipinski definition) is 0. The van der Waals surface area contributed by atoms with Crippen molar-refractivity contribution in [2.45, 2.75) is 20.8 Å². The van der Waals surface area contributed by atoms with Crippen LogP contribution < -0.4 is 0 Å². The molecular formula is C15H18BrNO2. The first-order valence-corrected chi connectivity index (χ1v) is 7.49. The fraction of sp³-hybridized carbons (Fsp3) is 0.467. The third-order valence-corrected chi connectivity index (χ3v) is 4.47. The van der Waals surface area contributed by atoms with Gasteiger partial charge in [0.2, 0.25) is 0 Å². The highest BCUT2D eigenvalue weighted by Crippen LogP contribution is 2.31. The van der Waals surface area contributed by atoms with Crippen LogP contribution >= 0.6 is 15.9 Å². The van der Waals surface area contributed by atoms with Crippen molar-refractivity contribution in [3.05, 3.63) is 35.4 Å². The van der Waals surface area contributed by atoms with Crippen LogP contribution in [0.1, 0.15) is 41.5 Å². The van der Waals surface area contributed by atoms with E-state index in [1.165, 1.54) is 4.90 Å². The Morgan fingerprint density at radius 2 is 1.58 bits per heavy atom. The van der Waals surface area contributed by atoms with Gasteiger partial charge in [0.25, 0.3) is 11.8 Å². The van der Waals surface area contributed by atoms with E-state index in [9.17, 15) is 9.59 Å². The van der Waals surface area contributed by atoms with Crippen LogP contribution in [0, 0.1) is 11.3 Å². The molecule has 0 saturated carbocycles. The highest BCUT2D eigenvalue weighted by molar-refractivity contribution is 9.09. The fourth-order valence-corrected chi connectivity index (χ4v) is 3.36. The van der Waals surface area contributed by atoms with Crippen LogP contribution in [0.5, 0.6) is 0 Å². The summed E-state index contributed by atoms with van der Waals surface area (Å²) in [6.45, 7) is 6.83. The van der Waals surface area contributed by atoms with Gasteiger partial charge >= 0.3 is 0 Å². The van der Waals surface area contributed by atoms with Crippen molar-refractivity contribution in [3.63, 3.8) is 0 Å². The lowest BCUT2D eigenvalue weighted by molar-refractivity contribution is 0.0599. The molecule has 1 aliphatic heterocycles. The van der Waals surface area contributed by atoms with Crippen molar-refractivity contribution in [1.82, 2.24) is 4.90 Å². The van der Waals surface area contributed by atoms with Crippen LogP contribution in [0.15, 0.2) is 24.3 Å². The van der Waals surface area contributed by atoms with Gasteiger partial charge in [0.1, 0.15) is 0 Å². The maximum absolute atomic E-state index is 12.3. The molecule has 0 saturated heterocycles. The SMILES string of the molecule is CC(C)(C)C(CBr)CN1C(=O)c2ccccc2C1=O. The number of nitrogens with zero attached hydrogens (tertiary/aromatic N) is 1. The van der Waals surface area contributed by atoms with Gasteiger partial charge in [0, 0.05) is 11.9 Å². The second-order valence-electron chi connectivity index (χ2n) is 5.98. The van der Waals surface area contributed by atoms with E-state index in [2.05, 4.69) is 36.7 Å². The number of fused-ring (bicyclic) bond motifs is 1. The van der Waals surface area contributed by atoms with Gasteiger partial charge in [-0.25, -0.2) is 0 Å². The number of rotatable bonds is 3. The number of amides is 2. The van der Waals surface area contributed by atoms with Gasteiger partial charge in [-0.2, -0.15) is 0 Å². The van der Waals surface area contributed by atoms with E-state index in [0.29, 0.717) is 17.7 Å². The molecule has 1 unspecified atom stereocenters. The van der Waals surface area contributed by atoms with E-state index in [0.717, 1.165) is 5.33 Å². The second kappa shape index (κ2) is 5.08. The average molecular weight is 324 g/mol. The van der Waals surface area contributed by atoms with Gasteiger partial charge in [0.15, 0.2) is 0 Å². The van der Waals surface area contributed by atoms with Crippen LogP contribution in [0.25, 0.3) is 0 Å². The fourth-order valence-electron chi connectivity index (χ4n) is 2.18. The summed E-state index contributed by atoms with van der Waals surface area (Å²) in [6.07, 6.45) is 0. The summed E-state index contributed by atoms with van der Waals surface area (Å²) in [5.41, 5.74) is 1.09. The van der Waals surface area contributed by atoms with Crippen molar-refractivity contribution in [3.8, 4) is 0 Å². The first kappa shape index (κ1) is 14.3. The van der Waals surface area contributed by atoms with E-state index in [-0.39, 0.29) is 23.1 Å². The van der Waals surface area contributed by atoms with Gasteiger partial charge in [-0.3, -0.25) is 14.5 Å². The van der Waals surface area contributed by atoms with Crippen molar-refractivity contribution in [1.29, 1.82) is 0 Å². The molecule has 2 rings (SSSR count). The Morgan fingerprint density at radius 1 is 1.11 bits per heavy atom. The largest absolute Gasteiger partial charge is 0.274 e. The van der Waals surface area contributed by atoms with Gasteiger partial charge in [-0.15, -0.1) is 0 Å². The summed E-state index contributed by atoms with van der Waals surface area (Å²) in [6, 6.07) is 7.02. The highest BCUT2D eigenvalue weighted by Gasteiger charge is 2.38. The Balaban J connectivity index is 2.25. The molecule has 3 nitrogen and oxygen atoms in total. The molecule has 0 aromatic heterocycles. The third-order valence-electron chi connectivity index (χ3n) is 3.69. The van der Waals surface area contributed by atoms with E-state index in [1.807, 2.05) is 0 Å². The third kappa shape index (κ3) is 2.59. The molecule has 19 heavy (non-hydrogen) atoms. The highest BCUT2D eigenvalue weighted by atomic mass is 79.9. The van der Waals surface area contributed by atoms with Crippen LogP contribution in [-0.2, 0) is 0 Å². The molecular weight excluding hydrogens is 306 g/mol. The summed E-state index contributed by atoms with van der Waals surface area (Å²) in [4.78, 5) is 25.9. The molecule has 1 heterocycles. The number of imide groups is 1. The molecule has 1 atom stereocenters. The summed E-state index contributed by atoms with van der Waals surface area (Å²) in [5.74, 6) is -0.110. The maximum Gasteiger partial charge on any atom is 0.261 e. The molecule has 1 aliphatic rings. The summed E-state index contributed by atoms with van der Waals surface area (Å²) in [5, 5.41) is 0.768. The predicted octanol–water partition coefficient (Wildman–Crippen LogP) is 3.34. The van der Waals surface area contributed by atoms with Crippen molar-refractivity contribution >= 4 is 27.7 Å². The Labute approximate surface area is 122 Å². The topological polar surface area (TPSA) is 37.4 Å². The van der Waals surface area contributed by atoms with Gasteiger partial charge in [-0.05, 0) is 23.5 Å². The lowest BCUT2D eigenvalue weighted by atomic mass is 9.82. The van der Waals surface area contributed by atoms with Crippen molar-refractivity contribution in [2.24, 2.45) is 11.3 Å². The summed E-state index contributed by atoms with van der Waals surface area (Å²) in [7, 11) is 0. The van der Waals surface area contributed by atoms with E-state index < -0.39 is 0 Å². The molecule has 102 valence electrons. The lowest BCUT2D eigenvalue weighted by Gasteiger charge is -2.31. The molecule has 0 bridgehead atoms. The quantitative estimate of drug-likeness (QED) is 0.632. The Morgan fingerprint density at radius 3 is 1.95 bits per heavy atom. The molecule has 2 amide bonds. The second-order valence-corrected chi connectivity index (χ2v) is 6.63. The van der Waals surface area contributed by atoms with Crippen LogP contribution in [0.2, 0.25) is 0 Å². The number of halogens is 1. The average Bonchev–Trinajstić information content (AvgIpc) is 2.59. The number of benzene rings is 1. The molecule has 0 radical (unpaired) electrons. The van der Waals surface area contributed by atoms with Crippen LogP contribution in [-0.4, -0.2) is 28.6 Å². The molecule has 0 spiro atoms. The molecule has 0 N–H and O–H groups in total. The van der Waals surface area contributed by atoms with Gasteiger partial charge in [0.05, 0.1) is 11.1 Å². The first-order chi connectivity index (χ1) is 8.86. The number of carbonyl (C=O) groups is 2. The zero-order valence-corrected chi connectivity index (χ0v) is 13.0. The van der Waals surface area contributed by atoms with Crippen molar-refractivity contribution < 1.29 is 9.59 Å². The summed E-state index contributed by atoms with van der Waals surface area (Å²) < 4.78 is 0. The number of alkyl halides is 1. The number of hydrogen-bond acceptors (Lipinski definition) is 2. The van der Waals surface area contributed by atoms with E-state index >= 15 is 0 Å². The van der Waals surface area contributed by atoms with Gasteiger partial charge in [-0.1, -0.05) is 48.8 Å². The molecule has 4 heteroatoms. The predicted molar refractivity (Wildman–Crippen MR) is 78.5 cm³/mol. The lowest BCUT2D eigenvalue weighted by Crippen LogP contribution is -2.39. The minimum atomic E-state index is -0.171. The van der Waals surface area contributed by atoms with E-state index in [4.69, 9.17) is 0 Å². The smallest absolute Gasteiger partial charge is 0.261 e. The zero-order valence-electron chi connectivity index (χ0n) is 11.4. The standard InChI is InChI=1S/C15H18BrNO2/c1-15(2,3)10(8-16)9-17-13(18)11-6-4-5-7-12(11)14(17)19/h4-7,10H,8-9H2,1-3H3. The number of carbonyl (C=O) groups excluding carboxylic acids is 2.